The Morgan fingerprint density at radius 2 is 0.870 bits per heavy atom. The van der Waals surface area contributed by atoms with Crippen LogP contribution in [-0.4, -0.2) is 9.52 Å². The summed E-state index contributed by atoms with van der Waals surface area (Å²) in [7, 11) is 11.0. The fourth-order valence-corrected chi connectivity index (χ4v) is 5.89. The van der Waals surface area contributed by atoms with E-state index in [4.69, 9.17) is 17.0 Å². The van der Waals surface area contributed by atoms with Crippen molar-refractivity contribution in [3.63, 3.8) is 0 Å². The van der Waals surface area contributed by atoms with Gasteiger partial charge in [-0.3, -0.25) is 0 Å². The minimum atomic E-state index is -0.826. The maximum atomic E-state index is 4.93. The van der Waals surface area contributed by atoms with Crippen molar-refractivity contribution >= 4 is 48.1 Å². The number of halogens is 2. The molecule has 0 unspecified atom stereocenters. The van der Waals surface area contributed by atoms with Gasteiger partial charge < -0.3 is 0 Å². The van der Waals surface area contributed by atoms with Gasteiger partial charge in [-0.2, -0.15) is 12.1 Å². The molecule has 0 aliphatic rings. The number of hydrogen-bond donors (Lipinski definition) is 0. The molecule has 0 aromatic heterocycles. The molecule has 6 rings (SSSR count). The summed E-state index contributed by atoms with van der Waals surface area (Å²) >= 11 is -0.826. The van der Waals surface area contributed by atoms with Crippen molar-refractivity contribution in [3.05, 3.63) is 155 Å². The van der Waals surface area contributed by atoms with Crippen LogP contribution in [0.2, 0.25) is 13.1 Å². The second-order valence-electron chi connectivity index (χ2n) is 11.6. The predicted octanol–water partition coefficient (Wildman–Crippen LogP) is 13.1. The van der Waals surface area contributed by atoms with Crippen LogP contribution in [0.4, 0.5) is 0 Å². The van der Waals surface area contributed by atoms with Crippen LogP contribution in [0.5, 0.6) is 0 Å². The van der Waals surface area contributed by atoms with E-state index in [0.29, 0.717) is 0 Å². The molecule has 6 aromatic carbocycles. The van der Waals surface area contributed by atoms with E-state index in [1.807, 2.05) is 0 Å². The average molecular weight is 743 g/mol. The molecule has 0 N–H and O–H groups in total. The number of hydrogen-bond acceptors (Lipinski definition) is 0. The molecule has 0 amide bonds. The summed E-state index contributed by atoms with van der Waals surface area (Å²) in [5.41, 5.74) is 8.94. The van der Waals surface area contributed by atoms with Gasteiger partial charge in [0, 0.05) is 9.52 Å². The van der Waals surface area contributed by atoms with Crippen LogP contribution >= 0.6 is 17.0 Å². The standard InChI is InChI=1S/2C20H21.C2H6Si.2ClH.Zr/c2*1-2-3-11-18-15-17-12-7-8-13-19(17)20(18)14-16-9-5-4-6-10-16;1-3-2;;;/h2*4-10,12-13,15H,2-3,11,14H2,1H3;1-2H3;2*1H;/q2*-1;;;;+4/p-2. The molecule has 238 valence electrons. The number of unbranched alkanes of at least 4 members (excludes halogenated alkanes) is 2. The molecule has 0 bridgehead atoms. The summed E-state index contributed by atoms with van der Waals surface area (Å²) < 4.78 is 0. The van der Waals surface area contributed by atoms with Gasteiger partial charge in [0.05, 0.1) is 0 Å². The van der Waals surface area contributed by atoms with Crippen molar-refractivity contribution in [2.24, 2.45) is 0 Å². The summed E-state index contributed by atoms with van der Waals surface area (Å²) in [6.07, 6.45) is 9.57. The maximum absolute atomic E-state index is 4.93. The van der Waals surface area contributed by atoms with Crippen molar-refractivity contribution in [1.29, 1.82) is 0 Å². The summed E-state index contributed by atoms with van der Waals surface area (Å²) in [5, 5.41) is 5.65. The number of aryl methyl sites for hydroxylation is 2. The van der Waals surface area contributed by atoms with Crippen molar-refractivity contribution in [2.75, 3.05) is 0 Å². The molecular formula is C42H48Cl2SiZr. The van der Waals surface area contributed by atoms with Gasteiger partial charge in [-0.15, -0.1) is 80.2 Å². The third-order valence-corrected chi connectivity index (χ3v) is 8.05. The van der Waals surface area contributed by atoms with Gasteiger partial charge in [0.15, 0.2) is 0 Å². The second-order valence-corrected chi connectivity index (χ2v) is 16.3. The number of rotatable bonds is 10. The Morgan fingerprint density at radius 3 is 1.22 bits per heavy atom. The van der Waals surface area contributed by atoms with Gasteiger partial charge in [-0.25, -0.2) is 0 Å². The van der Waals surface area contributed by atoms with Crippen molar-refractivity contribution in [2.45, 2.75) is 78.3 Å². The van der Waals surface area contributed by atoms with Crippen molar-refractivity contribution < 1.29 is 20.8 Å². The van der Waals surface area contributed by atoms with Crippen LogP contribution in [-0.2, 0) is 46.5 Å². The predicted molar refractivity (Wildman–Crippen MR) is 204 cm³/mol. The van der Waals surface area contributed by atoms with Crippen LogP contribution in [0.25, 0.3) is 21.5 Å². The van der Waals surface area contributed by atoms with E-state index in [0.717, 1.165) is 22.4 Å². The minimum absolute atomic E-state index is 0.826. The van der Waals surface area contributed by atoms with E-state index in [1.165, 1.54) is 93.5 Å². The van der Waals surface area contributed by atoms with E-state index in [-0.39, 0.29) is 0 Å². The molecule has 6 aromatic rings. The number of fused-ring (bicyclic) bond motifs is 2. The van der Waals surface area contributed by atoms with Gasteiger partial charge in [0.2, 0.25) is 0 Å². The van der Waals surface area contributed by atoms with Crippen LogP contribution in [0.1, 0.15) is 72.9 Å². The van der Waals surface area contributed by atoms with Crippen LogP contribution in [0, 0.1) is 0 Å². The molecule has 0 spiro atoms. The van der Waals surface area contributed by atoms with Crippen molar-refractivity contribution in [1.82, 2.24) is 0 Å². The zero-order chi connectivity index (χ0) is 33.0. The van der Waals surface area contributed by atoms with E-state index in [1.54, 1.807) is 0 Å². The number of benzene rings is 4. The van der Waals surface area contributed by atoms with Gasteiger partial charge in [0.25, 0.3) is 0 Å². The molecule has 4 heteroatoms. The first kappa shape index (κ1) is 38.2. The third kappa shape index (κ3) is 12.1. The molecule has 0 saturated carbocycles. The molecule has 0 aliphatic heterocycles. The topological polar surface area (TPSA) is 0 Å². The summed E-state index contributed by atoms with van der Waals surface area (Å²) in [5.74, 6) is 0. The molecular weight excluding hydrogens is 695 g/mol. The molecule has 0 aliphatic carbocycles. The average Bonchev–Trinajstić information content (AvgIpc) is 3.62. The van der Waals surface area contributed by atoms with Crippen LogP contribution in [0.15, 0.2) is 121 Å². The quantitative estimate of drug-likeness (QED) is 0.0968. The van der Waals surface area contributed by atoms with Gasteiger partial charge >= 0.3 is 37.9 Å². The first-order valence-corrected chi connectivity index (χ1v) is 24.9. The Morgan fingerprint density at radius 1 is 0.543 bits per heavy atom. The fourth-order valence-electron chi connectivity index (χ4n) is 5.89. The monoisotopic (exact) mass is 740 g/mol. The zero-order valence-electron chi connectivity index (χ0n) is 28.0. The molecule has 0 heterocycles. The van der Waals surface area contributed by atoms with Crippen molar-refractivity contribution in [3.8, 4) is 0 Å². The van der Waals surface area contributed by atoms with Gasteiger partial charge in [-0.05, 0) is 25.7 Å². The van der Waals surface area contributed by atoms with Crippen LogP contribution in [0.3, 0.4) is 0 Å². The molecule has 2 radical (unpaired) electrons. The molecule has 46 heavy (non-hydrogen) atoms. The fraction of sp³-hybridized carbons (Fsp3) is 0.286. The molecule has 0 fully saturated rings. The van der Waals surface area contributed by atoms with E-state index < -0.39 is 20.8 Å². The second kappa shape index (κ2) is 22.4. The van der Waals surface area contributed by atoms with Gasteiger partial charge in [0.1, 0.15) is 0 Å². The third-order valence-electron chi connectivity index (χ3n) is 8.05. The molecule has 0 nitrogen and oxygen atoms in total. The Balaban J connectivity index is 0.000000214. The SMILES string of the molecule is CCCCc1cc2ccccc2[c-]1Cc1ccccc1.CCCCc1cc2ccccc2[c-]1Cc1ccccc1.C[Si]C.[Cl][Zr+2][Cl]. The van der Waals surface area contributed by atoms with E-state index in [2.05, 4.69) is 148 Å². The normalized spacial score (nSPS) is 10.2. The van der Waals surface area contributed by atoms with Gasteiger partial charge in [-0.1, -0.05) is 137 Å². The summed E-state index contributed by atoms with van der Waals surface area (Å²) in [6.45, 7) is 8.83. The molecule has 0 saturated heterocycles. The Hall–Kier alpha value is -2.22. The Labute approximate surface area is 299 Å². The first-order valence-electron chi connectivity index (χ1n) is 16.5. The summed E-state index contributed by atoms with van der Waals surface area (Å²) in [6, 6.07) is 44.0. The van der Waals surface area contributed by atoms with E-state index >= 15 is 0 Å². The summed E-state index contributed by atoms with van der Waals surface area (Å²) in [4.78, 5) is 0. The first-order chi connectivity index (χ1) is 22.6. The molecule has 0 atom stereocenters. The Kier molecular flexibility index (Phi) is 18.6. The Bertz CT molecular complexity index is 1530. The zero-order valence-corrected chi connectivity index (χ0v) is 32.9. The van der Waals surface area contributed by atoms with E-state index in [9.17, 15) is 0 Å². The van der Waals surface area contributed by atoms with Crippen LogP contribution < -0.4 is 0 Å².